The lowest BCUT2D eigenvalue weighted by molar-refractivity contribution is -0.123. The molecule has 0 bridgehead atoms. The normalized spacial score (nSPS) is 11.7. The monoisotopic (exact) mass is 267 g/mol. The number of methoxy groups -OCH3 is 1. The molecule has 0 aliphatic heterocycles. The van der Waals surface area contributed by atoms with E-state index in [4.69, 9.17) is 22.7 Å². The SMILES string of the molecule is CCC(C(=O)NCc1ccnc(OC)c1)C(N)=S. The molecule has 0 saturated heterocycles. The smallest absolute Gasteiger partial charge is 0.230 e. The second kappa shape index (κ2) is 6.90. The first kappa shape index (κ1) is 14.4. The second-order valence-electron chi connectivity index (χ2n) is 3.79. The van der Waals surface area contributed by atoms with Gasteiger partial charge in [-0.05, 0) is 18.1 Å². The summed E-state index contributed by atoms with van der Waals surface area (Å²) in [7, 11) is 1.55. The van der Waals surface area contributed by atoms with Crippen LogP contribution in [-0.4, -0.2) is 23.0 Å². The molecule has 98 valence electrons. The molecule has 0 aromatic carbocycles. The average Bonchev–Trinajstić information content (AvgIpc) is 2.37. The first-order valence-electron chi connectivity index (χ1n) is 5.64. The Morgan fingerprint density at radius 1 is 1.67 bits per heavy atom. The van der Waals surface area contributed by atoms with E-state index in [1.165, 1.54) is 0 Å². The molecule has 1 amide bonds. The van der Waals surface area contributed by atoms with Gasteiger partial charge in [0.2, 0.25) is 11.8 Å². The van der Waals surface area contributed by atoms with Crippen LogP contribution >= 0.6 is 12.2 Å². The van der Waals surface area contributed by atoms with Gasteiger partial charge >= 0.3 is 0 Å². The van der Waals surface area contributed by atoms with Crippen LogP contribution in [0.2, 0.25) is 0 Å². The molecule has 0 aliphatic rings. The number of rotatable bonds is 6. The van der Waals surface area contributed by atoms with Gasteiger partial charge in [-0.3, -0.25) is 4.79 Å². The Bertz CT molecular complexity index is 437. The molecule has 0 aliphatic carbocycles. The Hall–Kier alpha value is -1.69. The van der Waals surface area contributed by atoms with E-state index in [-0.39, 0.29) is 10.9 Å². The minimum atomic E-state index is -0.413. The van der Waals surface area contributed by atoms with Gasteiger partial charge in [0.1, 0.15) is 0 Å². The zero-order valence-corrected chi connectivity index (χ0v) is 11.3. The lowest BCUT2D eigenvalue weighted by Crippen LogP contribution is -2.37. The molecule has 1 unspecified atom stereocenters. The number of nitrogens with one attached hydrogen (secondary N) is 1. The maximum atomic E-state index is 11.8. The Balaban J connectivity index is 2.59. The van der Waals surface area contributed by atoms with Crippen LogP contribution in [0.3, 0.4) is 0 Å². The maximum Gasteiger partial charge on any atom is 0.230 e. The van der Waals surface area contributed by atoms with E-state index >= 15 is 0 Å². The molecule has 0 spiro atoms. The van der Waals surface area contributed by atoms with Gasteiger partial charge in [-0.25, -0.2) is 4.98 Å². The number of pyridine rings is 1. The summed E-state index contributed by atoms with van der Waals surface area (Å²) in [6, 6.07) is 3.58. The molecular formula is C12H17N3O2S. The maximum absolute atomic E-state index is 11.8. The third-order valence-electron chi connectivity index (χ3n) is 2.54. The highest BCUT2D eigenvalue weighted by Gasteiger charge is 2.18. The van der Waals surface area contributed by atoms with Crippen LogP contribution in [0.4, 0.5) is 0 Å². The molecule has 3 N–H and O–H groups in total. The number of hydrogen-bond acceptors (Lipinski definition) is 4. The number of thiocarbonyl (C=S) groups is 1. The highest BCUT2D eigenvalue weighted by Crippen LogP contribution is 2.09. The fourth-order valence-electron chi connectivity index (χ4n) is 1.50. The Kier molecular flexibility index (Phi) is 5.51. The molecular weight excluding hydrogens is 250 g/mol. The second-order valence-corrected chi connectivity index (χ2v) is 4.26. The third-order valence-corrected chi connectivity index (χ3v) is 2.83. The lowest BCUT2D eigenvalue weighted by Gasteiger charge is -2.13. The number of aromatic nitrogens is 1. The van der Waals surface area contributed by atoms with Crippen LogP contribution in [0.5, 0.6) is 5.88 Å². The highest BCUT2D eigenvalue weighted by molar-refractivity contribution is 7.80. The largest absolute Gasteiger partial charge is 0.481 e. The molecule has 0 saturated carbocycles. The fraction of sp³-hybridized carbons (Fsp3) is 0.417. The number of amides is 1. The van der Waals surface area contributed by atoms with E-state index in [1.807, 2.05) is 13.0 Å². The van der Waals surface area contributed by atoms with Crippen molar-refractivity contribution < 1.29 is 9.53 Å². The van der Waals surface area contributed by atoms with E-state index in [0.717, 1.165) is 5.56 Å². The van der Waals surface area contributed by atoms with Crippen LogP contribution < -0.4 is 15.8 Å². The summed E-state index contributed by atoms with van der Waals surface area (Å²) in [5.74, 6) is -0.0485. The number of hydrogen-bond donors (Lipinski definition) is 2. The zero-order chi connectivity index (χ0) is 13.5. The average molecular weight is 267 g/mol. The van der Waals surface area contributed by atoms with Crippen LogP contribution in [0.1, 0.15) is 18.9 Å². The molecule has 1 aromatic rings. The quantitative estimate of drug-likeness (QED) is 0.752. The van der Waals surface area contributed by atoms with Crippen molar-refractivity contribution in [1.82, 2.24) is 10.3 Å². The van der Waals surface area contributed by atoms with Crippen molar-refractivity contribution in [1.29, 1.82) is 0 Å². The minimum absolute atomic E-state index is 0.152. The summed E-state index contributed by atoms with van der Waals surface area (Å²) in [5.41, 5.74) is 6.41. The topological polar surface area (TPSA) is 77.2 Å². The summed E-state index contributed by atoms with van der Waals surface area (Å²) in [6.45, 7) is 2.27. The summed E-state index contributed by atoms with van der Waals surface area (Å²) in [4.78, 5) is 16.0. The van der Waals surface area contributed by atoms with Gasteiger partial charge in [0, 0.05) is 18.8 Å². The summed E-state index contributed by atoms with van der Waals surface area (Å²) in [5, 5.41) is 2.79. The van der Waals surface area contributed by atoms with Crippen molar-refractivity contribution in [3.05, 3.63) is 23.9 Å². The Labute approximate surface area is 112 Å². The van der Waals surface area contributed by atoms with Crippen LogP contribution in [0, 0.1) is 5.92 Å². The molecule has 18 heavy (non-hydrogen) atoms. The third kappa shape index (κ3) is 3.96. The lowest BCUT2D eigenvalue weighted by atomic mass is 10.1. The van der Waals surface area contributed by atoms with Crippen molar-refractivity contribution in [2.45, 2.75) is 19.9 Å². The van der Waals surface area contributed by atoms with E-state index < -0.39 is 5.92 Å². The number of carbonyl (C=O) groups is 1. The predicted octanol–water partition coefficient (Wildman–Crippen LogP) is 1.02. The molecule has 1 atom stereocenters. The number of carbonyl (C=O) groups excluding carboxylic acids is 1. The Morgan fingerprint density at radius 2 is 2.39 bits per heavy atom. The molecule has 6 heteroatoms. The molecule has 1 rings (SSSR count). The van der Waals surface area contributed by atoms with Gasteiger partial charge in [-0.1, -0.05) is 19.1 Å². The summed E-state index contributed by atoms with van der Waals surface area (Å²) >= 11 is 4.85. The van der Waals surface area contributed by atoms with Gasteiger partial charge in [-0.15, -0.1) is 0 Å². The highest BCUT2D eigenvalue weighted by atomic mass is 32.1. The van der Waals surface area contributed by atoms with Gasteiger partial charge in [0.05, 0.1) is 18.0 Å². The summed E-state index contributed by atoms with van der Waals surface area (Å²) in [6.07, 6.45) is 2.23. The van der Waals surface area contributed by atoms with Gasteiger partial charge < -0.3 is 15.8 Å². The van der Waals surface area contributed by atoms with Gasteiger partial charge in [0.15, 0.2) is 0 Å². The van der Waals surface area contributed by atoms with E-state index in [9.17, 15) is 4.79 Å². The number of nitrogens with zero attached hydrogens (tertiary/aromatic N) is 1. The van der Waals surface area contributed by atoms with E-state index in [2.05, 4.69) is 10.3 Å². The van der Waals surface area contributed by atoms with Crippen molar-refractivity contribution in [2.24, 2.45) is 11.7 Å². The minimum Gasteiger partial charge on any atom is -0.481 e. The van der Waals surface area contributed by atoms with Crippen molar-refractivity contribution in [3.8, 4) is 5.88 Å². The first-order valence-corrected chi connectivity index (χ1v) is 6.05. The Morgan fingerprint density at radius 3 is 2.94 bits per heavy atom. The van der Waals surface area contributed by atoms with Crippen molar-refractivity contribution >= 4 is 23.1 Å². The van der Waals surface area contributed by atoms with Crippen LogP contribution in [0.15, 0.2) is 18.3 Å². The van der Waals surface area contributed by atoms with Crippen LogP contribution in [0.25, 0.3) is 0 Å². The number of nitrogens with two attached hydrogens (primary N) is 1. The standard InChI is InChI=1S/C12H17N3O2S/c1-3-9(11(13)18)12(16)15-7-8-4-5-14-10(6-8)17-2/h4-6,9H,3,7H2,1-2H3,(H2,13,18)(H,15,16). The zero-order valence-electron chi connectivity index (χ0n) is 10.5. The first-order chi connectivity index (χ1) is 8.58. The fourth-order valence-corrected chi connectivity index (χ4v) is 1.77. The summed E-state index contributed by atoms with van der Waals surface area (Å²) < 4.78 is 5.00. The molecule has 0 fully saturated rings. The van der Waals surface area contributed by atoms with Gasteiger partial charge in [0.25, 0.3) is 0 Å². The van der Waals surface area contributed by atoms with Crippen molar-refractivity contribution in [2.75, 3.05) is 7.11 Å². The molecule has 1 aromatic heterocycles. The van der Waals surface area contributed by atoms with Crippen LogP contribution in [-0.2, 0) is 11.3 Å². The molecule has 1 heterocycles. The van der Waals surface area contributed by atoms with Gasteiger partial charge in [-0.2, -0.15) is 0 Å². The van der Waals surface area contributed by atoms with Crippen molar-refractivity contribution in [3.63, 3.8) is 0 Å². The molecule has 0 radical (unpaired) electrons. The van der Waals surface area contributed by atoms with E-state index in [1.54, 1.807) is 19.4 Å². The van der Waals surface area contributed by atoms with E-state index in [0.29, 0.717) is 18.8 Å². The predicted molar refractivity (Wildman–Crippen MR) is 73.2 cm³/mol. The number of ether oxygens (including phenoxy) is 1. The molecule has 5 nitrogen and oxygen atoms in total.